The summed E-state index contributed by atoms with van der Waals surface area (Å²) in [6, 6.07) is 10.6. The van der Waals surface area contributed by atoms with Crippen molar-refractivity contribution in [3.8, 4) is 34.3 Å². The van der Waals surface area contributed by atoms with Crippen LogP contribution in [-0.4, -0.2) is 44.5 Å². The normalized spacial score (nSPS) is 12.9. The minimum atomic E-state index is -0.276. The van der Waals surface area contributed by atoms with Gasteiger partial charge in [0.25, 0.3) is 5.91 Å². The highest BCUT2D eigenvalue weighted by molar-refractivity contribution is 6.07. The maximum Gasteiger partial charge on any atom is 0.256 e. The van der Waals surface area contributed by atoms with E-state index < -0.39 is 0 Å². The number of hydrogen-bond donors (Lipinski definition) is 2. The van der Waals surface area contributed by atoms with Gasteiger partial charge in [0, 0.05) is 23.1 Å². The van der Waals surface area contributed by atoms with Crippen LogP contribution in [0.4, 0.5) is 5.69 Å². The van der Waals surface area contributed by atoms with E-state index in [2.05, 4.69) is 15.5 Å². The first kappa shape index (κ1) is 20.6. The van der Waals surface area contributed by atoms with Crippen molar-refractivity contribution in [2.75, 3.05) is 33.8 Å². The lowest BCUT2D eigenvalue weighted by Gasteiger charge is -2.12. The number of amides is 1. The molecule has 1 aliphatic carbocycles. The van der Waals surface area contributed by atoms with Crippen molar-refractivity contribution < 1.29 is 23.7 Å². The topological polar surface area (TPSA) is 94.7 Å². The molecule has 2 aromatic carbocycles. The second-order valence-electron chi connectivity index (χ2n) is 7.26. The first-order chi connectivity index (χ1) is 15.1. The van der Waals surface area contributed by atoms with E-state index in [1.165, 1.54) is 0 Å². The number of ether oxygens (including phenoxy) is 4. The zero-order valence-electron chi connectivity index (χ0n) is 17.9. The molecule has 3 aromatic rings. The Morgan fingerprint density at radius 1 is 0.935 bits per heavy atom. The predicted octanol–water partition coefficient (Wildman–Crippen LogP) is 4.24. The van der Waals surface area contributed by atoms with E-state index in [4.69, 9.17) is 18.9 Å². The first-order valence-electron chi connectivity index (χ1n) is 9.93. The van der Waals surface area contributed by atoms with E-state index in [1.807, 2.05) is 18.2 Å². The van der Waals surface area contributed by atoms with Crippen molar-refractivity contribution in [1.29, 1.82) is 0 Å². The molecule has 1 saturated carbocycles. The fraction of sp³-hybridized carbons (Fsp3) is 0.304. The van der Waals surface area contributed by atoms with Gasteiger partial charge in [-0.05, 0) is 43.2 Å². The molecule has 1 fully saturated rings. The Morgan fingerprint density at radius 2 is 1.61 bits per heavy atom. The minimum absolute atomic E-state index is 0.276. The lowest BCUT2D eigenvalue weighted by molar-refractivity contribution is 0.102. The summed E-state index contributed by atoms with van der Waals surface area (Å²) in [4.78, 5) is 13.1. The summed E-state index contributed by atoms with van der Waals surface area (Å²) in [6.45, 7) is 0. The standard InChI is InChI=1S/C23H25N3O5/c1-28-16-9-15(10-17(12-16)29-2)23(27)24-22-20(13-5-6-13)25-26-21(22)14-7-8-18(30-3)19(11-14)31-4/h7-13H,5-6H2,1-4H3,(H,24,27)(H,25,26). The fourth-order valence-electron chi connectivity index (χ4n) is 3.47. The number of nitrogens with zero attached hydrogens (tertiary/aromatic N) is 1. The van der Waals surface area contributed by atoms with Crippen LogP contribution >= 0.6 is 0 Å². The number of aromatic amines is 1. The van der Waals surface area contributed by atoms with Crippen molar-refractivity contribution in [2.45, 2.75) is 18.8 Å². The average Bonchev–Trinajstić information content (AvgIpc) is 3.58. The number of anilines is 1. The molecular weight excluding hydrogens is 398 g/mol. The molecule has 1 aliphatic rings. The molecule has 1 amide bonds. The largest absolute Gasteiger partial charge is 0.497 e. The number of nitrogens with one attached hydrogen (secondary N) is 2. The average molecular weight is 423 g/mol. The number of aromatic nitrogens is 2. The Kier molecular flexibility index (Phi) is 5.70. The number of rotatable bonds is 8. The number of H-pyrrole nitrogens is 1. The Balaban J connectivity index is 1.72. The molecule has 1 heterocycles. The summed E-state index contributed by atoms with van der Waals surface area (Å²) in [6.07, 6.45) is 2.12. The SMILES string of the molecule is COc1cc(OC)cc(C(=O)Nc2c(-c3ccc(OC)c(OC)c3)n[nH]c2C2CC2)c1. The molecular formula is C23H25N3O5. The van der Waals surface area contributed by atoms with Gasteiger partial charge in [0.2, 0.25) is 0 Å². The van der Waals surface area contributed by atoms with Crippen LogP contribution in [0.2, 0.25) is 0 Å². The molecule has 0 bridgehead atoms. The predicted molar refractivity (Wildman–Crippen MR) is 117 cm³/mol. The quantitative estimate of drug-likeness (QED) is 0.563. The van der Waals surface area contributed by atoms with Gasteiger partial charge in [-0.15, -0.1) is 0 Å². The minimum Gasteiger partial charge on any atom is -0.497 e. The number of carbonyl (C=O) groups excluding carboxylic acids is 1. The third kappa shape index (κ3) is 4.14. The molecule has 0 saturated heterocycles. The Labute approximate surface area is 180 Å². The highest BCUT2D eigenvalue weighted by Gasteiger charge is 2.31. The van der Waals surface area contributed by atoms with Crippen LogP contribution in [0.5, 0.6) is 23.0 Å². The summed E-state index contributed by atoms with van der Waals surface area (Å²) in [5.41, 5.74) is 3.47. The third-order valence-electron chi connectivity index (χ3n) is 5.29. The van der Waals surface area contributed by atoms with E-state index >= 15 is 0 Å². The van der Waals surface area contributed by atoms with Crippen LogP contribution < -0.4 is 24.3 Å². The summed E-state index contributed by atoms with van der Waals surface area (Å²) >= 11 is 0. The maximum atomic E-state index is 13.1. The van der Waals surface area contributed by atoms with E-state index in [9.17, 15) is 4.79 Å². The van der Waals surface area contributed by atoms with E-state index in [0.29, 0.717) is 45.9 Å². The fourth-order valence-corrected chi connectivity index (χ4v) is 3.47. The molecule has 2 N–H and O–H groups in total. The van der Waals surface area contributed by atoms with Crippen molar-refractivity contribution in [3.05, 3.63) is 47.7 Å². The monoisotopic (exact) mass is 423 g/mol. The van der Waals surface area contributed by atoms with Gasteiger partial charge >= 0.3 is 0 Å². The summed E-state index contributed by atoms with van der Waals surface area (Å²) in [5, 5.41) is 10.7. The number of benzene rings is 2. The van der Waals surface area contributed by atoms with Gasteiger partial charge in [0.15, 0.2) is 11.5 Å². The zero-order valence-corrected chi connectivity index (χ0v) is 17.9. The second-order valence-corrected chi connectivity index (χ2v) is 7.26. The Bertz CT molecular complexity index is 1080. The molecule has 0 spiro atoms. The molecule has 1 aromatic heterocycles. The van der Waals surface area contributed by atoms with Gasteiger partial charge in [-0.2, -0.15) is 5.10 Å². The van der Waals surface area contributed by atoms with Crippen LogP contribution in [0.25, 0.3) is 11.3 Å². The maximum absolute atomic E-state index is 13.1. The van der Waals surface area contributed by atoms with E-state index in [0.717, 1.165) is 24.1 Å². The molecule has 0 unspecified atom stereocenters. The molecule has 0 aliphatic heterocycles. The van der Waals surface area contributed by atoms with Gasteiger partial charge in [0.1, 0.15) is 17.2 Å². The first-order valence-corrected chi connectivity index (χ1v) is 9.93. The van der Waals surface area contributed by atoms with Crippen LogP contribution in [0, 0.1) is 0 Å². The number of carbonyl (C=O) groups is 1. The van der Waals surface area contributed by atoms with Crippen molar-refractivity contribution >= 4 is 11.6 Å². The number of hydrogen-bond acceptors (Lipinski definition) is 6. The highest BCUT2D eigenvalue weighted by Crippen LogP contribution is 2.46. The van der Waals surface area contributed by atoms with Crippen LogP contribution in [0.1, 0.15) is 34.8 Å². The van der Waals surface area contributed by atoms with Gasteiger partial charge in [-0.3, -0.25) is 9.89 Å². The summed E-state index contributed by atoms with van der Waals surface area (Å²) in [5.74, 6) is 2.38. The van der Waals surface area contributed by atoms with Gasteiger partial charge in [-0.25, -0.2) is 0 Å². The summed E-state index contributed by atoms with van der Waals surface area (Å²) in [7, 11) is 6.27. The van der Waals surface area contributed by atoms with Crippen LogP contribution in [0.15, 0.2) is 36.4 Å². The van der Waals surface area contributed by atoms with Crippen LogP contribution in [-0.2, 0) is 0 Å². The second kappa shape index (κ2) is 8.59. The molecule has 0 atom stereocenters. The van der Waals surface area contributed by atoms with Gasteiger partial charge in [0.05, 0.1) is 39.8 Å². The zero-order chi connectivity index (χ0) is 22.0. The molecule has 0 radical (unpaired) electrons. The third-order valence-corrected chi connectivity index (χ3v) is 5.29. The van der Waals surface area contributed by atoms with Crippen molar-refractivity contribution in [3.63, 3.8) is 0 Å². The van der Waals surface area contributed by atoms with Gasteiger partial charge in [-0.1, -0.05) is 0 Å². The molecule has 8 nitrogen and oxygen atoms in total. The lowest BCUT2D eigenvalue weighted by atomic mass is 10.1. The van der Waals surface area contributed by atoms with E-state index in [1.54, 1.807) is 46.6 Å². The molecule has 31 heavy (non-hydrogen) atoms. The van der Waals surface area contributed by atoms with E-state index in [-0.39, 0.29) is 5.91 Å². The Hall–Kier alpha value is -3.68. The number of methoxy groups -OCH3 is 4. The Morgan fingerprint density at radius 3 is 2.19 bits per heavy atom. The van der Waals surface area contributed by atoms with Crippen molar-refractivity contribution in [2.24, 2.45) is 0 Å². The molecule has 8 heteroatoms. The molecule has 162 valence electrons. The van der Waals surface area contributed by atoms with Crippen LogP contribution in [0.3, 0.4) is 0 Å². The van der Waals surface area contributed by atoms with Gasteiger partial charge < -0.3 is 24.3 Å². The lowest BCUT2D eigenvalue weighted by Crippen LogP contribution is -2.13. The highest BCUT2D eigenvalue weighted by atomic mass is 16.5. The summed E-state index contributed by atoms with van der Waals surface area (Å²) < 4.78 is 21.3. The van der Waals surface area contributed by atoms with Crippen molar-refractivity contribution in [1.82, 2.24) is 10.2 Å². The smallest absolute Gasteiger partial charge is 0.256 e. The molecule has 4 rings (SSSR count).